The maximum atomic E-state index is 11.5. The Labute approximate surface area is 94.6 Å². The summed E-state index contributed by atoms with van der Waals surface area (Å²) in [5, 5.41) is 0. The molecule has 2 nitrogen and oxygen atoms in total. The molecule has 2 heteroatoms. The third-order valence-electron chi connectivity index (χ3n) is 2.87. The summed E-state index contributed by atoms with van der Waals surface area (Å²) < 4.78 is 0. The van der Waals surface area contributed by atoms with Crippen molar-refractivity contribution >= 4 is 5.78 Å². The van der Waals surface area contributed by atoms with Gasteiger partial charge in [-0.2, -0.15) is 0 Å². The van der Waals surface area contributed by atoms with Crippen LogP contribution in [0.5, 0.6) is 0 Å². The standard InChI is InChI=1S/C13H27NO/c1-4-5-6-7-8-9-10-12(15)13(14)11(2)3/h11,13H,4-10,14H2,1-3H3. The van der Waals surface area contributed by atoms with Gasteiger partial charge in [-0.25, -0.2) is 0 Å². The predicted octanol–water partition coefficient (Wildman–Crippen LogP) is 3.29. The summed E-state index contributed by atoms with van der Waals surface area (Å²) in [4.78, 5) is 11.5. The molecule has 0 fully saturated rings. The Kier molecular flexibility index (Phi) is 8.68. The average molecular weight is 213 g/mol. The van der Waals surface area contributed by atoms with Gasteiger partial charge in [-0.15, -0.1) is 0 Å². The quantitative estimate of drug-likeness (QED) is 0.597. The Bertz CT molecular complexity index is 166. The highest BCUT2D eigenvalue weighted by Crippen LogP contribution is 2.09. The number of carbonyl (C=O) groups excluding carboxylic acids is 1. The number of ketones is 1. The first-order valence-corrected chi connectivity index (χ1v) is 6.37. The normalized spacial score (nSPS) is 13.1. The third kappa shape index (κ3) is 7.55. The van der Waals surface area contributed by atoms with E-state index in [4.69, 9.17) is 5.73 Å². The molecule has 0 aliphatic heterocycles. The van der Waals surface area contributed by atoms with E-state index < -0.39 is 0 Å². The monoisotopic (exact) mass is 213 g/mol. The maximum absolute atomic E-state index is 11.5. The molecule has 0 radical (unpaired) electrons. The van der Waals surface area contributed by atoms with E-state index in [1.54, 1.807) is 0 Å². The van der Waals surface area contributed by atoms with Gasteiger partial charge in [0.05, 0.1) is 6.04 Å². The van der Waals surface area contributed by atoms with Gasteiger partial charge in [-0.1, -0.05) is 52.9 Å². The molecular weight excluding hydrogens is 186 g/mol. The van der Waals surface area contributed by atoms with Crippen LogP contribution in [0.3, 0.4) is 0 Å². The van der Waals surface area contributed by atoms with Crippen molar-refractivity contribution in [3.8, 4) is 0 Å². The zero-order valence-electron chi connectivity index (χ0n) is 10.6. The van der Waals surface area contributed by atoms with Gasteiger partial charge >= 0.3 is 0 Å². The molecule has 0 bridgehead atoms. The third-order valence-corrected chi connectivity index (χ3v) is 2.87. The molecule has 0 heterocycles. The first-order valence-electron chi connectivity index (χ1n) is 6.37. The average Bonchev–Trinajstić information content (AvgIpc) is 2.21. The lowest BCUT2D eigenvalue weighted by Gasteiger charge is -2.13. The van der Waals surface area contributed by atoms with Crippen molar-refractivity contribution in [1.29, 1.82) is 0 Å². The van der Waals surface area contributed by atoms with Gasteiger partial charge in [-0.05, 0) is 12.3 Å². The number of hydrogen-bond acceptors (Lipinski definition) is 2. The van der Waals surface area contributed by atoms with E-state index in [1.807, 2.05) is 13.8 Å². The minimum atomic E-state index is -0.249. The number of rotatable bonds is 9. The summed E-state index contributed by atoms with van der Waals surface area (Å²) in [6, 6.07) is -0.249. The Morgan fingerprint density at radius 3 is 2.13 bits per heavy atom. The molecule has 0 amide bonds. The van der Waals surface area contributed by atoms with E-state index in [2.05, 4.69) is 6.92 Å². The van der Waals surface area contributed by atoms with Gasteiger partial charge in [0.1, 0.15) is 5.78 Å². The van der Waals surface area contributed by atoms with Crippen molar-refractivity contribution in [3.63, 3.8) is 0 Å². The maximum Gasteiger partial charge on any atom is 0.149 e. The molecule has 0 aliphatic rings. The fraction of sp³-hybridized carbons (Fsp3) is 0.923. The van der Waals surface area contributed by atoms with Crippen molar-refractivity contribution in [1.82, 2.24) is 0 Å². The predicted molar refractivity (Wildman–Crippen MR) is 65.8 cm³/mol. The van der Waals surface area contributed by atoms with Crippen molar-refractivity contribution in [2.75, 3.05) is 0 Å². The SMILES string of the molecule is CCCCCCCCC(=O)C(N)C(C)C. The smallest absolute Gasteiger partial charge is 0.149 e. The molecular formula is C13H27NO. The van der Waals surface area contributed by atoms with Crippen molar-refractivity contribution in [3.05, 3.63) is 0 Å². The van der Waals surface area contributed by atoms with E-state index in [9.17, 15) is 4.79 Å². The van der Waals surface area contributed by atoms with Crippen LogP contribution in [0.25, 0.3) is 0 Å². The number of unbranched alkanes of at least 4 members (excludes halogenated alkanes) is 5. The van der Waals surface area contributed by atoms with E-state index >= 15 is 0 Å². The summed E-state index contributed by atoms with van der Waals surface area (Å²) in [6.07, 6.45) is 8.03. The van der Waals surface area contributed by atoms with Crippen molar-refractivity contribution in [2.24, 2.45) is 11.7 Å². The molecule has 0 aromatic heterocycles. The highest BCUT2D eigenvalue weighted by atomic mass is 16.1. The minimum Gasteiger partial charge on any atom is -0.321 e. The second kappa shape index (κ2) is 8.90. The van der Waals surface area contributed by atoms with E-state index in [1.165, 1.54) is 32.1 Å². The van der Waals surface area contributed by atoms with Crippen LogP contribution in [0.1, 0.15) is 65.7 Å². The van der Waals surface area contributed by atoms with Crippen LogP contribution in [0.15, 0.2) is 0 Å². The highest BCUT2D eigenvalue weighted by molar-refractivity contribution is 5.83. The fourth-order valence-electron chi connectivity index (χ4n) is 1.62. The fourth-order valence-corrected chi connectivity index (χ4v) is 1.62. The molecule has 0 aromatic carbocycles. The van der Waals surface area contributed by atoms with Gasteiger partial charge in [0.15, 0.2) is 0 Å². The molecule has 90 valence electrons. The lowest BCUT2D eigenvalue weighted by Crippen LogP contribution is -2.35. The Morgan fingerprint density at radius 1 is 1.07 bits per heavy atom. The molecule has 1 unspecified atom stereocenters. The van der Waals surface area contributed by atoms with Crippen LogP contribution in [-0.2, 0) is 4.79 Å². The van der Waals surface area contributed by atoms with Gasteiger partial charge in [-0.3, -0.25) is 4.79 Å². The summed E-state index contributed by atoms with van der Waals surface area (Å²) in [5.41, 5.74) is 5.77. The van der Waals surface area contributed by atoms with Crippen LogP contribution in [0, 0.1) is 5.92 Å². The first-order chi connectivity index (χ1) is 7.09. The largest absolute Gasteiger partial charge is 0.321 e. The summed E-state index contributed by atoms with van der Waals surface area (Å²) >= 11 is 0. The Hall–Kier alpha value is -0.370. The van der Waals surface area contributed by atoms with Gasteiger partial charge in [0.2, 0.25) is 0 Å². The second-order valence-corrected chi connectivity index (χ2v) is 4.75. The lowest BCUT2D eigenvalue weighted by atomic mass is 9.97. The lowest BCUT2D eigenvalue weighted by molar-refractivity contribution is -0.121. The van der Waals surface area contributed by atoms with Gasteiger partial charge in [0.25, 0.3) is 0 Å². The van der Waals surface area contributed by atoms with Crippen LogP contribution >= 0.6 is 0 Å². The molecule has 0 aromatic rings. The van der Waals surface area contributed by atoms with Crippen LogP contribution in [0.4, 0.5) is 0 Å². The second-order valence-electron chi connectivity index (χ2n) is 4.75. The molecule has 0 saturated carbocycles. The highest BCUT2D eigenvalue weighted by Gasteiger charge is 2.15. The van der Waals surface area contributed by atoms with Crippen molar-refractivity contribution in [2.45, 2.75) is 71.8 Å². The number of hydrogen-bond donors (Lipinski definition) is 1. The molecule has 15 heavy (non-hydrogen) atoms. The zero-order chi connectivity index (χ0) is 11.7. The van der Waals surface area contributed by atoms with Gasteiger partial charge in [0, 0.05) is 6.42 Å². The van der Waals surface area contributed by atoms with E-state index in [0.717, 1.165) is 6.42 Å². The Morgan fingerprint density at radius 2 is 1.60 bits per heavy atom. The van der Waals surface area contributed by atoms with E-state index in [0.29, 0.717) is 6.42 Å². The topological polar surface area (TPSA) is 43.1 Å². The number of carbonyl (C=O) groups is 1. The summed E-state index contributed by atoms with van der Waals surface area (Å²) in [7, 11) is 0. The molecule has 0 aliphatic carbocycles. The molecule has 0 rings (SSSR count). The summed E-state index contributed by atoms with van der Waals surface area (Å²) in [6.45, 7) is 6.22. The molecule has 2 N–H and O–H groups in total. The molecule has 0 spiro atoms. The zero-order valence-corrected chi connectivity index (χ0v) is 10.6. The van der Waals surface area contributed by atoms with Crippen LogP contribution in [-0.4, -0.2) is 11.8 Å². The minimum absolute atomic E-state index is 0.237. The number of nitrogens with two attached hydrogens (primary N) is 1. The number of Topliss-reactive ketones (excluding diaryl/α,β-unsaturated/α-hetero) is 1. The van der Waals surface area contributed by atoms with Crippen LogP contribution in [0.2, 0.25) is 0 Å². The summed E-state index contributed by atoms with van der Waals surface area (Å²) in [5.74, 6) is 0.512. The first kappa shape index (κ1) is 14.6. The molecule has 0 saturated heterocycles. The van der Waals surface area contributed by atoms with E-state index in [-0.39, 0.29) is 17.7 Å². The van der Waals surface area contributed by atoms with Gasteiger partial charge < -0.3 is 5.73 Å². The van der Waals surface area contributed by atoms with Crippen LogP contribution < -0.4 is 5.73 Å². The van der Waals surface area contributed by atoms with Crippen molar-refractivity contribution < 1.29 is 4.79 Å². The molecule has 1 atom stereocenters. The Balaban J connectivity index is 3.39.